The molecular weight excluding hydrogens is 276 g/mol. The number of amides is 1. The molecule has 0 saturated heterocycles. The van der Waals surface area contributed by atoms with Gasteiger partial charge in [-0.05, 0) is 39.0 Å². The number of carbonyl (C=O) groups excluding carboxylic acids is 1. The number of benzene rings is 1. The van der Waals surface area contributed by atoms with Crippen LogP contribution in [0.3, 0.4) is 0 Å². The molecule has 0 atom stereocenters. The van der Waals surface area contributed by atoms with Crippen LogP contribution in [0.25, 0.3) is 0 Å². The second-order valence-corrected chi connectivity index (χ2v) is 7.01. The van der Waals surface area contributed by atoms with E-state index in [-0.39, 0.29) is 16.4 Å². The molecule has 0 bridgehead atoms. The van der Waals surface area contributed by atoms with Crippen molar-refractivity contribution >= 4 is 15.9 Å². The average molecular weight is 296 g/mol. The molecule has 1 amide bonds. The first-order valence-electron chi connectivity index (χ1n) is 6.13. The highest BCUT2D eigenvalue weighted by Gasteiger charge is 2.26. The van der Waals surface area contributed by atoms with Gasteiger partial charge in [-0.15, -0.1) is 6.58 Å². The van der Waals surface area contributed by atoms with Crippen LogP contribution in [0.1, 0.15) is 31.1 Å². The van der Waals surface area contributed by atoms with Crippen LogP contribution in [-0.2, 0) is 10.0 Å². The lowest BCUT2D eigenvalue weighted by Gasteiger charge is -2.35. The molecule has 6 heteroatoms. The van der Waals surface area contributed by atoms with Crippen LogP contribution in [0.4, 0.5) is 0 Å². The van der Waals surface area contributed by atoms with Gasteiger partial charge in [0.25, 0.3) is 5.91 Å². The molecule has 1 aromatic carbocycles. The highest BCUT2D eigenvalue weighted by molar-refractivity contribution is 7.89. The summed E-state index contributed by atoms with van der Waals surface area (Å²) in [5, 5.41) is 5.08. The summed E-state index contributed by atoms with van der Waals surface area (Å²) in [5.74, 6) is -0.261. The van der Waals surface area contributed by atoms with E-state index in [0.717, 1.165) is 0 Å². The Morgan fingerprint density at radius 3 is 2.45 bits per heavy atom. The lowest BCUT2D eigenvalue weighted by Crippen LogP contribution is -2.45. The number of hydrogen-bond donors (Lipinski definition) is 1. The predicted octanol–water partition coefficient (Wildman–Crippen LogP) is 1.76. The summed E-state index contributed by atoms with van der Waals surface area (Å²) in [7, 11) is -3.82. The van der Waals surface area contributed by atoms with Crippen LogP contribution < -0.4 is 5.14 Å². The van der Waals surface area contributed by atoms with Gasteiger partial charge < -0.3 is 4.90 Å². The molecule has 20 heavy (non-hydrogen) atoms. The smallest absolute Gasteiger partial charge is 0.254 e. The van der Waals surface area contributed by atoms with Gasteiger partial charge in [0.15, 0.2) is 0 Å². The quantitative estimate of drug-likeness (QED) is 0.860. The summed E-state index contributed by atoms with van der Waals surface area (Å²) in [6.45, 7) is 9.72. The zero-order valence-corrected chi connectivity index (χ0v) is 12.8. The third kappa shape index (κ3) is 3.91. The molecule has 0 aliphatic rings. The molecule has 0 aliphatic heterocycles. The Kier molecular flexibility index (Phi) is 4.73. The van der Waals surface area contributed by atoms with Crippen molar-refractivity contribution in [3.8, 4) is 0 Å². The molecule has 2 N–H and O–H groups in total. The van der Waals surface area contributed by atoms with E-state index in [9.17, 15) is 13.2 Å². The summed E-state index contributed by atoms with van der Waals surface area (Å²) in [6.07, 6.45) is 1.63. The summed E-state index contributed by atoms with van der Waals surface area (Å²) in [4.78, 5) is 14.0. The van der Waals surface area contributed by atoms with Crippen molar-refractivity contribution in [3.05, 3.63) is 42.5 Å². The van der Waals surface area contributed by atoms with E-state index in [1.165, 1.54) is 18.2 Å². The molecule has 110 valence electrons. The largest absolute Gasteiger partial charge is 0.330 e. The van der Waals surface area contributed by atoms with Crippen LogP contribution in [-0.4, -0.2) is 31.3 Å². The zero-order valence-electron chi connectivity index (χ0n) is 12.0. The maximum absolute atomic E-state index is 12.5. The van der Waals surface area contributed by atoms with E-state index < -0.39 is 15.6 Å². The van der Waals surface area contributed by atoms with Gasteiger partial charge in [0.1, 0.15) is 0 Å². The maximum Gasteiger partial charge on any atom is 0.254 e. The van der Waals surface area contributed by atoms with E-state index in [2.05, 4.69) is 6.58 Å². The Balaban J connectivity index is 3.23. The summed E-state index contributed by atoms with van der Waals surface area (Å²) >= 11 is 0. The van der Waals surface area contributed by atoms with Gasteiger partial charge in [-0.3, -0.25) is 4.79 Å². The van der Waals surface area contributed by atoms with Crippen molar-refractivity contribution < 1.29 is 13.2 Å². The summed E-state index contributed by atoms with van der Waals surface area (Å²) in [5.41, 5.74) is -0.114. The molecule has 0 radical (unpaired) electrons. The molecule has 0 aliphatic carbocycles. The summed E-state index contributed by atoms with van der Waals surface area (Å²) < 4.78 is 22.7. The molecule has 5 nitrogen and oxygen atoms in total. The van der Waals surface area contributed by atoms with Crippen LogP contribution >= 0.6 is 0 Å². The molecule has 0 aromatic heterocycles. The fraction of sp³-hybridized carbons (Fsp3) is 0.357. The number of rotatable bonds is 4. The summed E-state index contributed by atoms with van der Waals surface area (Å²) in [6, 6.07) is 5.72. The second-order valence-electron chi connectivity index (χ2n) is 5.45. The first kappa shape index (κ1) is 16.4. The molecule has 1 rings (SSSR count). The van der Waals surface area contributed by atoms with Crippen molar-refractivity contribution in [3.63, 3.8) is 0 Å². The van der Waals surface area contributed by atoms with Crippen molar-refractivity contribution in [2.24, 2.45) is 5.14 Å². The van der Waals surface area contributed by atoms with Gasteiger partial charge in [-0.25, -0.2) is 13.6 Å². The SMILES string of the molecule is C=CCN(C(=O)c1cccc(S(N)(=O)=O)c1)C(C)(C)C. The van der Waals surface area contributed by atoms with E-state index in [4.69, 9.17) is 5.14 Å². The normalized spacial score (nSPS) is 12.0. The standard InChI is InChI=1S/C14H20N2O3S/c1-5-9-16(14(2,3)4)13(17)11-7-6-8-12(10-11)20(15,18)19/h5-8,10H,1,9H2,2-4H3,(H2,15,18,19). The highest BCUT2D eigenvalue weighted by atomic mass is 32.2. The number of primary sulfonamides is 1. The number of sulfonamides is 1. The Bertz CT molecular complexity index is 616. The zero-order chi connectivity index (χ0) is 15.6. The number of hydrogen-bond acceptors (Lipinski definition) is 3. The Morgan fingerprint density at radius 1 is 1.40 bits per heavy atom. The first-order valence-corrected chi connectivity index (χ1v) is 7.67. The molecule has 0 heterocycles. The van der Waals surface area contributed by atoms with Gasteiger partial charge >= 0.3 is 0 Å². The number of nitrogens with zero attached hydrogens (tertiary/aromatic N) is 1. The first-order chi connectivity index (χ1) is 9.07. The van der Waals surface area contributed by atoms with Crippen molar-refractivity contribution in [2.45, 2.75) is 31.2 Å². The minimum Gasteiger partial charge on any atom is -0.330 e. The fourth-order valence-corrected chi connectivity index (χ4v) is 2.31. The van der Waals surface area contributed by atoms with Gasteiger partial charge in [0.05, 0.1) is 4.90 Å². The molecule has 1 aromatic rings. The van der Waals surface area contributed by atoms with E-state index in [1.807, 2.05) is 20.8 Å². The molecule has 0 unspecified atom stereocenters. The third-order valence-electron chi connectivity index (χ3n) is 2.78. The van der Waals surface area contributed by atoms with E-state index in [1.54, 1.807) is 17.0 Å². The van der Waals surface area contributed by atoms with Crippen molar-refractivity contribution in [1.29, 1.82) is 0 Å². The lowest BCUT2D eigenvalue weighted by molar-refractivity contribution is 0.0616. The van der Waals surface area contributed by atoms with Crippen LogP contribution in [0, 0.1) is 0 Å². The molecule has 0 saturated carbocycles. The molecule has 0 spiro atoms. The minimum atomic E-state index is -3.82. The Morgan fingerprint density at radius 2 is 2.00 bits per heavy atom. The van der Waals surface area contributed by atoms with Crippen LogP contribution in [0.2, 0.25) is 0 Å². The fourth-order valence-electron chi connectivity index (χ4n) is 1.75. The van der Waals surface area contributed by atoms with Crippen LogP contribution in [0.5, 0.6) is 0 Å². The Hall–Kier alpha value is -1.66. The minimum absolute atomic E-state index is 0.0733. The second kappa shape index (κ2) is 5.76. The molecular formula is C14H20N2O3S. The maximum atomic E-state index is 12.5. The van der Waals surface area contributed by atoms with Crippen LogP contribution in [0.15, 0.2) is 41.8 Å². The predicted molar refractivity (Wildman–Crippen MR) is 78.8 cm³/mol. The van der Waals surface area contributed by atoms with Crippen molar-refractivity contribution in [1.82, 2.24) is 4.90 Å². The van der Waals surface area contributed by atoms with E-state index >= 15 is 0 Å². The van der Waals surface area contributed by atoms with Crippen molar-refractivity contribution in [2.75, 3.05) is 6.54 Å². The monoisotopic (exact) mass is 296 g/mol. The van der Waals surface area contributed by atoms with Gasteiger partial charge in [-0.1, -0.05) is 12.1 Å². The Labute approximate surface area is 120 Å². The average Bonchev–Trinajstić information content (AvgIpc) is 2.33. The van der Waals surface area contributed by atoms with Gasteiger partial charge in [-0.2, -0.15) is 0 Å². The third-order valence-corrected chi connectivity index (χ3v) is 3.69. The number of nitrogens with two attached hydrogens (primary N) is 1. The number of carbonyl (C=O) groups is 1. The van der Waals surface area contributed by atoms with Gasteiger partial charge in [0, 0.05) is 17.6 Å². The molecule has 0 fully saturated rings. The highest BCUT2D eigenvalue weighted by Crippen LogP contribution is 2.19. The van der Waals surface area contributed by atoms with Gasteiger partial charge in [0.2, 0.25) is 10.0 Å². The van der Waals surface area contributed by atoms with E-state index in [0.29, 0.717) is 6.54 Å². The lowest BCUT2D eigenvalue weighted by atomic mass is 10.0. The topological polar surface area (TPSA) is 80.5 Å².